The lowest BCUT2D eigenvalue weighted by molar-refractivity contribution is 0.191. The van der Waals surface area contributed by atoms with Crippen LogP contribution in [0.2, 0.25) is 5.02 Å². The number of anilines is 1. The Kier molecular flexibility index (Phi) is 6.65. The molecule has 0 saturated carbocycles. The van der Waals surface area contributed by atoms with Crippen LogP contribution in [-0.2, 0) is 0 Å². The van der Waals surface area contributed by atoms with E-state index < -0.39 is 0 Å². The fourth-order valence-electron chi connectivity index (χ4n) is 3.04. The van der Waals surface area contributed by atoms with Gasteiger partial charge in [0, 0.05) is 31.2 Å². The average molecular weight is 390 g/mol. The molecule has 0 bridgehead atoms. The number of carbonyl (C=O) groups is 1. The predicted molar refractivity (Wildman–Crippen MR) is 107 cm³/mol. The Bertz CT molecular complexity index is 764. The Morgan fingerprint density at radius 1 is 1.11 bits per heavy atom. The maximum absolute atomic E-state index is 12.3. The summed E-state index contributed by atoms with van der Waals surface area (Å²) in [6.07, 6.45) is 0. The van der Waals surface area contributed by atoms with Gasteiger partial charge < -0.3 is 24.6 Å². The van der Waals surface area contributed by atoms with E-state index in [1.54, 1.807) is 19.2 Å². The fourth-order valence-corrected chi connectivity index (χ4v) is 3.22. The zero-order valence-corrected chi connectivity index (χ0v) is 16.1. The maximum Gasteiger partial charge on any atom is 0.317 e. The van der Waals surface area contributed by atoms with E-state index in [0.29, 0.717) is 37.0 Å². The van der Waals surface area contributed by atoms with Gasteiger partial charge in [0.1, 0.15) is 18.1 Å². The lowest BCUT2D eigenvalue weighted by Gasteiger charge is -2.36. The van der Waals surface area contributed by atoms with Crippen molar-refractivity contribution in [2.45, 2.75) is 0 Å². The van der Waals surface area contributed by atoms with Crippen LogP contribution in [0.3, 0.4) is 0 Å². The first-order valence-electron chi connectivity index (χ1n) is 8.96. The smallest absolute Gasteiger partial charge is 0.317 e. The summed E-state index contributed by atoms with van der Waals surface area (Å²) in [4.78, 5) is 16.4. The predicted octanol–water partition coefficient (Wildman–Crippen LogP) is 3.26. The molecule has 1 heterocycles. The van der Waals surface area contributed by atoms with E-state index in [2.05, 4.69) is 10.2 Å². The summed E-state index contributed by atoms with van der Waals surface area (Å²) >= 11 is 5.92. The Hall–Kier alpha value is -2.60. The third-order valence-electron chi connectivity index (χ3n) is 4.44. The number of para-hydroxylation sites is 2. The summed E-state index contributed by atoms with van der Waals surface area (Å²) < 4.78 is 11.0. The highest BCUT2D eigenvalue weighted by Gasteiger charge is 2.22. The molecule has 1 fully saturated rings. The summed E-state index contributed by atoms with van der Waals surface area (Å²) in [5.41, 5.74) is 1.06. The van der Waals surface area contributed by atoms with Crippen LogP contribution in [0.1, 0.15) is 0 Å². The standard InChI is InChI=1S/C20H24ClN3O3/c1-26-19-8-3-2-7-18(19)23-10-12-24(13-11-23)20(25)22-9-14-27-17-6-4-5-16(21)15-17/h2-8,15H,9-14H2,1H3,(H,22,25). The molecule has 3 rings (SSSR count). The number of hydrogen-bond acceptors (Lipinski definition) is 4. The summed E-state index contributed by atoms with van der Waals surface area (Å²) in [6.45, 7) is 3.71. The second-order valence-corrected chi connectivity index (χ2v) is 6.62. The molecule has 27 heavy (non-hydrogen) atoms. The summed E-state index contributed by atoms with van der Waals surface area (Å²) in [6, 6.07) is 15.1. The second-order valence-electron chi connectivity index (χ2n) is 6.18. The highest BCUT2D eigenvalue weighted by Crippen LogP contribution is 2.28. The van der Waals surface area contributed by atoms with Gasteiger partial charge in [-0.2, -0.15) is 0 Å². The molecule has 1 aliphatic heterocycles. The molecule has 0 aliphatic carbocycles. The molecule has 2 amide bonds. The van der Waals surface area contributed by atoms with Crippen molar-refractivity contribution >= 4 is 23.3 Å². The van der Waals surface area contributed by atoms with Crippen molar-refractivity contribution in [3.05, 3.63) is 53.6 Å². The van der Waals surface area contributed by atoms with Crippen LogP contribution in [0, 0.1) is 0 Å². The van der Waals surface area contributed by atoms with Crippen LogP contribution in [0.25, 0.3) is 0 Å². The molecular weight excluding hydrogens is 366 g/mol. The van der Waals surface area contributed by atoms with Gasteiger partial charge >= 0.3 is 6.03 Å². The Morgan fingerprint density at radius 3 is 2.63 bits per heavy atom. The third-order valence-corrected chi connectivity index (χ3v) is 4.67. The molecule has 2 aromatic rings. The number of nitrogens with zero attached hydrogens (tertiary/aromatic N) is 2. The van der Waals surface area contributed by atoms with E-state index in [9.17, 15) is 4.79 Å². The summed E-state index contributed by atoms with van der Waals surface area (Å²) in [5.74, 6) is 1.55. The number of amides is 2. The van der Waals surface area contributed by atoms with E-state index in [-0.39, 0.29) is 6.03 Å². The number of carbonyl (C=O) groups excluding carboxylic acids is 1. The molecule has 0 unspecified atom stereocenters. The Balaban J connectivity index is 1.41. The number of methoxy groups -OCH3 is 1. The van der Waals surface area contributed by atoms with Crippen LogP contribution in [-0.4, -0.2) is 57.4 Å². The SMILES string of the molecule is COc1ccccc1N1CCN(C(=O)NCCOc2cccc(Cl)c2)CC1. The van der Waals surface area contributed by atoms with Crippen molar-refractivity contribution in [1.82, 2.24) is 10.2 Å². The Morgan fingerprint density at radius 2 is 1.89 bits per heavy atom. The normalized spacial score (nSPS) is 14.0. The van der Waals surface area contributed by atoms with Crippen LogP contribution in [0.4, 0.5) is 10.5 Å². The van der Waals surface area contributed by atoms with Crippen LogP contribution in [0.15, 0.2) is 48.5 Å². The second kappa shape index (κ2) is 9.37. The summed E-state index contributed by atoms with van der Waals surface area (Å²) in [5, 5.41) is 3.53. The quantitative estimate of drug-likeness (QED) is 0.770. The van der Waals surface area contributed by atoms with Crippen molar-refractivity contribution < 1.29 is 14.3 Å². The lowest BCUT2D eigenvalue weighted by Crippen LogP contribution is -2.52. The van der Waals surface area contributed by atoms with Crippen molar-refractivity contribution in [2.75, 3.05) is 51.3 Å². The maximum atomic E-state index is 12.3. The first-order valence-corrected chi connectivity index (χ1v) is 9.34. The lowest BCUT2D eigenvalue weighted by atomic mass is 10.2. The molecule has 0 atom stereocenters. The van der Waals surface area contributed by atoms with Crippen molar-refractivity contribution in [1.29, 1.82) is 0 Å². The molecule has 0 spiro atoms. The number of ether oxygens (including phenoxy) is 2. The highest BCUT2D eigenvalue weighted by molar-refractivity contribution is 6.30. The van der Waals surface area contributed by atoms with Crippen LogP contribution >= 0.6 is 11.6 Å². The van der Waals surface area contributed by atoms with Crippen LogP contribution < -0.4 is 19.7 Å². The van der Waals surface area contributed by atoms with Gasteiger partial charge in [-0.1, -0.05) is 29.8 Å². The molecule has 1 aliphatic rings. The first-order chi connectivity index (χ1) is 13.2. The minimum atomic E-state index is -0.0654. The zero-order chi connectivity index (χ0) is 19.1. The van der Waals surface area contributed by atoms with Gasteiger partial charge in [0.05, 0.1) is 19.3 Å². The van der Waals surface area contributed by atoms with Crippen molar-refractivity contribution in [3.8, 4) is 11.5 Å². The number of halogens is 1. The van der Waals surface area contributed by atoms with Gasteiger partial charge in [-0.3, -0.25) is 0 Å². The van der Waals surface area contributed by atoms with Gasteiger partial charge in [-0.25, -0.2) is 4.79 Å². The first kappa shape index (κ1) is 19.2. The third kappa shape index (κ3) is 5.20. The van der Waals surface area contributed by atoms with Gasteiger partial charge in [0.2, 0.25) is 0 Å². The van der Waals surface area contributed by atoms with Gasteiger partial charge in [-0.15, -0.1) is 0 Å². The number of rotatable bonds is 6. The van der Waals surface area contributed by atoms with E-state index in [1.165, 1.54) is 0 Å². The van der Waals surface area contributed by atoms with Crippen molar-refractivity contribution in [3.63, 3.8) is 0 Å². The topological polar surface area (TPSA) is 54.0 Å². The summed E-state index contributed by atoms with van der Waals surface area (Å²) in [7, 11) is 1.67. The molecule has 2 aromatic carbocycles. The largest absolute Gasteiger partial charge is 0.495 e. The number of hydrogen-bond donors (Lipinski definition) is 1. The van der Waals surface area contributed by atoms with Crippen LogP contribution in [0.5, 0.6) is 11.5 Å². The molecule has 1 N–H and O–H groups in total. The molecule has 0 aromatic heterocycles. The number of piperazine rings is 1. The van der Waals surface area contributed by atoms with Crippen molar-refractivity contribution in [2.24, 2.45) is 0 Å². The molecule has 1 saturated heterocycles. The Labute approximate surface area is 164 Å². The minimum absolute atomic E-state index is 0.0654. The van der Waals surface area contributed by atoms with E-state index in [0.717, 1.165) is 24.5 Å². The number of nitrogens with one attached hydrogen (secondary N) is 1. The molecule has 6 nitrogen and oxygen atoms in total. The minimum Gasteiger partial charge on any atom is -0.495 e. The van der Waals surface area contributed by atoms with E-state index in [4.69, 9.17) is 21.1 Å². The highest BCUT2D eigenvalue weighted by atomic mass is 35.5. The molecule has 7 heteroatoms. The monoisotopic (exact) mass is 389 g/mol. The van der Waals surface area contributed by atoms with E-state index in [1.807, 2.05) is 41.3 Å². The van der Waals surface area contributed by atoms with Gasteiger partial charge in [0.15, 0.2) is 0 Å². The molecule has 144 valence electrons. The van der Waals surface area contributed by atoms with Gasteiger partial charge in [-0.05, 0) is 30.3 Å². The van der Waals surface area contributed by atoms with E-state index >= 15 is 0 Å². The number of benzene rings is 2. The zero-order valence-electron chi connectivity index (χ0n) is 15.4. The van der Waals surface area contributed by atoms with Gasteiger partial charge in [0.25, 0.3) is 0 Å². The fraction of sp³-hybridized carbons (Fsp3) is 0.350. The molecular formula is C20H24ClN3O3. The average Bonchev–Trinajstić information content (AvgIpc) is 2.71. The molecule has 0 radical (unpaired) electrons. The number of urea groups is 1.